The molecule has 0 bridgehead atoms. The molecule has 128 valence electrons. The summed E-state index contributed by atoms with van der Waals surface area (Å²) in [5, 5.41) is 7.19. The van der Waals surface area contributed by atoms with Crippen molar-refractivity contribution in [2.24, 2.45) is 7.05 Å². The molecule has 0 radical (unpaired) electrons. The lowest BCUT2D eigenvalue weighted by molar-refractivity contribution is 0.0946. The number of fused-ring (bicyclic) bond motifs is 1. The summed E-state index contributed by atoms with van der Waals surface area (Å²) in [4.78, 5) is 24.9. The Hall–Kier alpha value is -3.02. The molecule has 0 aliphatic carbocycles. The number of nitrogens with one attached hydrogen (secondary N) is 1. The molecule has 3 rings (SSSR count). The van der Waals surface area contributed by atoms with E-state index in [1.807, 2.05) is 13.0 Å². The number of halogens is 1. The van der Waals surface area contributed by atoms with Gasteiger partial charge in [0.1, 0.15) is 5.82 Å². The highest BCUT2D eigenvalue weighted by atomic mass is 19.1. The third-order valence-electron chi connectivity index (χ3n) is 4.06. The van der Waals surface area contributed by atoms with Crippen molar-refractivity contribution in [2.45, 2.75) is 13.3 Å². The second kappa shape index (κ2) is 6.84. The van der Waals surface area contributed by atoms with Gasteiger partial charge in [0.25, 0.3) is 5.91 Å². The Morgan fingerprint density at radius 2 is 2.00 bits per heavy atom. The van der Waals surface area contributed by atoms with Crippen LogP contribution in [0.15, 0.2) is 47.3 Å². The number of rotatable bonds is 4. The Balaban J connectivity index is 1.82. The van der Waals surface area contributed by atoms with Crippen LogP contribution in [0, 0.1) is 12.7 Å². The van der Waals surface area contributed by atoms with Crippen LogP contribution in [0.25, 0.3) is 10.9 Å². The molecule has 0 saturated heterocycles. The van der Waals surface area contributed by atoms with Crippen molar-refractivity contribution in [3.63, 3.8) is 0 Å². The van der Waals surface area contributed by atoms with E-state index < -0.39 is 11.3 Å². The quantitative estimate of drug-likeness (QED) is 0.794. The van der Waals surface area contributed by atoms with Crippen LogP contribution in [-0.2, 0) is 13.5 Å². The number of carbonyl (C=O) groups is 1. The van der Waals surface area contributed by atoms with Crippen LogP contribution in [0.5, 0.6) is 0 Å². The fourth-order valence-electron chi connectivity index (χ4n) is 2.73. The average Bonchev–Trinajstić information content (AvgIpc) is 2.59. The SMILES string of the molecule is Cc1ccc2c(c1)c(=O)c(C(=O)NCCc1ccccc1F)nn2C. The number of benzene rings is 2. The first kappa shape index (κ1) is 16.8. The molecule has 3 aromatic rings. The highest BCUT2D eigenvalue weighted by Crippen LogP contribution is 2.11. The Morgan fingerprint density at radius 3 is 2.76 bits per heavy atom. The minimum Gasteiger partial charge on any atom is -0.350 e. The third kappa shape index (κ3) is 3.42. The fourth-order valence-corrected chi connectivity index (χ4v) is 2.73. The molecule has 25 heavy (non-hydrogen) atoms. The summed E-state index contributed by atoms with van der Waals surface area (Å²) in [6.07, 6.45) is 0.339. The molecule has 2 aromatic carbocycles. The van der Waals surface area contributed by atoms with Gasteiger partial charge in [0.15, 0.2) is 5.69 Å². The molecule has 0 spiro atoms. The van der Waals surface area contributed by atoms with E-state index in [0.717, 1.165) is 5.56 Å². The second-order valence-electron chi connectivity index (χ2n) is 5.92. The minimum absolute atomic E-state index is 0.158. The van der Waals surface area contributed by atoms with E-state index in [9.17, 15) is 14.0 Å². The molecule has 0 fully saturated rings. The van der Waals surface area contributed by atoms with Crippen molar-refractivity contribution in [3.05, 3.63) is 75.3 Å². The number of nitrogens with zero attached hydrogens (tertiary/aromatic N) is 2. The summed E-state index contributed by atoms with van der Waals surface area (Å²) in [7, 11) is 1.69. The first-order valence-corrected chi connectivity index (χ1v) is 7.96. The zero-order valence-electron chi connectivity index (χ0n) is 14.0. The zero-order chi connectivity index (χ0) is 18.0. The van der Waals surface area contributed by atoms with Crippen molar-refractivity contribution in [3.8, 4) is 0 Å². The van der Waals surface area contributed by atoms with Gasteiger partial charge in [-0.25, -0.2) is 4.39 Å². The second-order valence-corrected chi connectivity index (χ2v) is 5.92. The maximum Gasteiger partial charge on any atom is 0.275 e. The number of amides is 1. The molecule has 0 atom stereocenters. The van der Waals surface area contributed by atoms with Gasteiger partial charge >= 0.3 is 0 Å². The Bertz CT molecular complexity index is 1010. The van der Waals surface area contributed by atoms with Crippen LogP contribution < -0.4 is 10.7 Å². The van der Waals surface area contributed by atoms with Gasteiger partial charge in [-0.05, 0) is 37.1 Å². The minimum atomic E-state index is -0.555. The van der Waals surface area contributed by atoms with Gasteiger partial charge in [-0.3, -0.25) is 14.3 Å². The number of aryl methyl sites for hydroxylation is 2. The molecule has 1 N–H and O–H groups in total. The third-order valence-corrected chi connectivity index (χ3v) is 4.06. The van der Waals surface area contributed by atoms with E-state index in [1.54, 1.807) is 37.4 Å². The zero-order valence-corrected chi connectivity index (χ0v) is 14.0. The van der Waals surface area contributed by atoms with Crippen molar-refractivity contribution in [1.82, 2.24) is 15.1 Å². The Labute approximate surface area is 144 Å². The van der Waals surface area contributed by atoms with Crippen molar-refractivity contribution in [2.75, 3.05) is 6.54 Å². The standard InChI is InChI=1S/C19H18FN3O2/c1-12-7-8-16-14(11-12)18(24)17(22-23(16)2)19(25)21-10-9-13-5-3-4-6-15(13)20/h3-8,11H,9-10H2,1-2H3,(H,21,25). The van der Waals surface area contributed by atoms with Crippen molar-refractivity contribution >= 4 is 16.8 Å². The fraction of sp³-hybridized carbons (Fsp3) is 0.211. The summed E-state index contributed by atoms with van der Waals surface area (Å²) < 4.78 is 15.1. The number of carbonyl (C=O) groups excluding carboxylic acids is 1. The van der Waals surface area contributed by atoms with Crippen LogP contribution >= 0.6 is 0 Å². The van der Waals surface area contributed by atoms with Crippen LogP contribution in [0.3, 0.4) is 0 Å². The molecule has 0 aliphatic rings. The molecule has 0 saturated carbocycles. The van der Waals surface area contributed by atoms with Gasteiger partial charge < -0.3 is 5.32 Å². The molecule has 1 aromatic heterocycles. The first-order valence-electron chi connectivity index (χ1n) is 7.96. The van der Waals surface area contributed by atoms with E-state index in [4.69, 9.17) is 0 Å². The van der Waals surface area contributed by atoms with Gasteiger partial charge in [0.05, 0.1) is 10.9 Å². The summed E-state index contributed by atoms with van der Waals surface area (Å²) in [5.41, 5.74) is 1.55. The van der Waals surface area contributed by atoms with Crippen LogP contribution in [0.2, 0.25) is 0 Å². The molecule has 1 amide bonds. The normalized spacial score (nSPS) is 10.8. The lowest BCUT2D eigenvalue weighted by atomic mass is 10.1. The number of hydrogen-bond acceptors (Lipinski definition) is 3. The highest BCUT2D eigenvalue weighted by Gasteiger charge is 2.16. The van der Waals surface area contributed by atoms with Crippen LogP contribution in [0.1, 0.15) is 21.6 Å². The van der Waals surface area contributed by atoms with Crippen molar-refractivity contribution < 1.29 is 9.18 Å². The van der Waals surface area contributed by atoms with E-state index in [0.29, 0.717) is 22.9 Å². The lowest BCUT2D eigenvalue weighted by Gasteiger charge is -2.09. The summed E-state index contributed by atoms with van der Waals surface area (Å²) >= 11 is 0. The maximum absolute atomic E-state index is 13.6. The first-order chi connectivity index (χ1) is 12.0. The molecule has 0 aliphatic heterocycles. The Morgan fingerprint density at radius 1 is 1.24 bits per heavy atom. The average molecular weight is 339 g/mol. The van der Waals surface area contributed by atoms with Gasteiger partial charge in [0, 0.05) is 13.6 Å². The van der Waals surface area contributed by atoms with Crippen LogP contribution in [0.4, 0.5) is 4.39 Å². The molecule has 5 nitrogen and oxygen atoms in total. The largest absolute Gasteiger partial charge is 0.350 e. The molecule has 1 heterocycles. The molecular formula is C19H18FN3O2. The molecular weight excluding hydrogens is 321 g/mol. The predicted molar refractivity (Wildman–Crippen MR) is 94.2 cm³/mol. The van der Waals surface area contributed by atoms with E-state index >= 15 is 0 Å². The van der Waals surface area contributed by atoms with E-state index in [2.05, 4.69) is 10.4 Å². The van der Waals surface area contributed by atoms with E-state index in [1.165, 1.54) is 10.7 Å². The van der Waals surface area contributed by atoms with Gasteiger partial charge in [-0.1, -0.05) is 29.8 Å². The van der Waals surface area contributed by atoms with E-state index in [-0.39, 0.29) is 18.1 Å². The smallest absolute Gasteiger partial charge is 0.275 e. The maximum atomic E-state index is 13.6. The van der Waals surface area contributed by atoms with Crippen molar-refractivity contribution in [1.29, 1.82) is 0 Å². The molecule has 0 unspecified atom stereocenters. The monoisotopic (exact) mass is 339 g/mol. The summed E-state index contributed by atoms with van der Waals surface area (Å²) in [6.45, 7) is 2.10. The van der Waals surface area contributed by atoms with Crippen LogP contribution in [-0.4, -0.2) is 22.2 Å². The molecule has 6 heteroatoms. The predicted octanol–water partition coefficient (Wildman–Crippen LogP) is 2.35. The van der Waals surface area contributed by atoms with Gasteiger partial charge in [-0.15, -0.1) is 0 Å². The highest BCUT2D eigenvalue weighted by molar-refractivity contribution is 5.95. The Kier molecular flexibility index (Phi) is 4.61. The summed E-state index contributed by atoms with van der Waals surface area (Å²) in [5.74, 6) is -0.868. The number of aromatic nitrogens is 2. The lowest BCUT2D eigenvalue weighted by Crippen LogP contribution is -2.33. The number of hydrogen-bond donors (Lipinski definition) is 1. The van der Waals surface area contributed by atoms with Gasteiger partial charge in [0.2, 0.25) is 5.43 Å². The topological polar surface area (TPSA) is 64.0 Å². The van der Waals surface area contributed by atoms with Gasteiger partial charge in [-0.2, -0.15) is 5.10 Å². The summed E-state index contributed by atoms with van der Waals surface area (Å²) in [6, 6.07) is 11.8.